The fraction of sp³-hybridized carbons (Fsp3) is 0.243. The van der Waals surface area contributed by atoms with Crippen molar-refractivity contribution >= 4 is 0 Å². The molecular formula is C37H42O3Zr. The van der Waals surface area contributed by atoms with Gasteiger partial charge in [0.25, 0.3) is 0 Å². The van der Waals surface area contributed by atoms with Crippen LogP contribution in [0.5, 0.6) is 17.2 Å². The number of rotatable bonds is 6. The maximum absolute atomic E-state index is 11.0. The molecule has 212 valence electrons. The molecule has 0 fully saturated rings. The Labute approximate surface area is 262 Å². The molecule has 0 atom stereocenters. The molecule has 0 radical (unpaired) electrons. The van der Waals surface area contributed by atoms with E-state index >= 15 is 0 Å². The zero-order valence-electron chi connectivity index (χ0n) is 25.1. The van der Waals surface area contributed by atoms with Crippen LogP contribution in [0.4, 0.5) is 0 Å². The normalized spacial score (nSPS) is 13.0. The van der Waals surface area contributed by atoms with Gasteiger partial charge >= 0.3 is 84.8 Å². The van der Waals surface area contributed by atoms with Gasteiger partial charge in [0, 0.05) is 0 Å². The van der Waals surface area contributed by atoms with Crippen LogP contribution in [0.25, 0.3) is 0 Å². The molecule has 1 aliphatic rings. The van der Waals surface area contributed by atoms with Crippen molar-refractivity contribution in [3.8, 4) is 17.2 Å². The topological polar surface area (TPSA) is 69.2 Å². The quantitative estimate of drug-likeness (QED) is 0.264. The molecule has 3 nitrogen and oxygen atoms in total. The second-order valence-electron chi connectivity index (χ2n) is 10.2. The van der Waals surface area contributed by atoms with Crippen LogP contribution >= 0.6 is 0 Å². The summed E-state index contributed by atoms with van der Waals surface area (Å²) >= 11 is 1.57. The van der Waals surface area contributed by atoms with E-state index in [9.17, 15) is 15.3 Å². The van der Waals surface area contributed by atoms with E-state index < -0.39 is 0 Å². The van der Waals surface area contributed by atoms with Crippen molar-refractivity contribution in [2.24, 2.45) is 5.41 Å². The minimum atomic E-state index is 0.0994. The van der Waals surface area contributed by atoms with E-state index in [0.29, 0.717) is 24.7 Å². The Morgan fingerprint density at radius 3 is 1.05 bits per heavy atom. The van der Waals surface area contributed by atoms with Crippen molar-refractivity contribution < 1.29 is 40.0 Å². The number of para-hydroxylation sites is 3. The van der Waals surface area contributed by atoms with Crippen molar-refractivity contribution in [1.82, 2.24) is 0 Å². The molecule has 0 spiro atoms. The number of hydrogen-bond donors (Lipinski definition) is 0. The van der Waals surface area contributed by atoms with Gasteiger partial charge in [-0.25, -0.2) is 0 Å². The van der Waals surface area contributed by atoms with Crippen molar-refractivity contribution in [1.29, 1.82) is 0 Å². The first-order valence-electron chi connectivity index (χ1n) is 13.6. The predicted octanol–water partition coefficient (Wildman–Crippen LogP) is 7.65. The van der Waals surface area contributed by atoms with E-state index in [1.54, 1.807) is 88.2 Å². The summed E-state index contributed by atoms with van der Waals surface area (Å²) in [7, 11) is 0. The monoisotopic (exact) mass is 624 g/mol. The van der Waals surface area contributed by atoms with Gasteiger partial charge in [-0.3, -0.25) is 0 Å². The molecule has 3 aromatic rings. The van der Waals surface area contributed by atoms with Crippen molar-refractivity contribution in [2.75, 3.05) is 0 Å². The van der Waals surface area contributed by atoms with Crippen LogP contribution in [0, 0.1) is 5.41 Å². The number of hydrogen-bond acceptors (Lipinski definition) is 3. The number of benzene rings is 3. The van der Waals surface area contributed by atoms with Crippen molar-refractivity contribution in [3.05, 3.63) is 147 Å². The van der Waals surface area contributed by atoms with Gasteiger partial charge in [-0.05, 0) is 19.3 Å². The summed E-state index contributed by atoms with van der Waals surface area (Å²) in [5, 5.41) is 32.9. The molecule has 0 saturated heterocycles. The van der Waals surface area contributed by atoms with Gasteiger partial charge in [-0.2, -0.15) is 0 Å². The second kappa shape index (κ2) is 18.2. The zero-order chi connectivity index (χ0) is 31.0. The van der Waals surface area contributed by atoms with E-state index in [2.05, 4.69) is 54.4 Å². The Morgan fingerprint density at radius 2 is 0.878 bits per heavy atom. The third kappa shape index (κ3) is 11.2. The molecule has 0 saturated carbocycles. The molecule has 4 rings (SSSR count). The van der Waals surface area contributed by atoms with Crippen LogP contribution < -0.4 is 15.3 Å². The van der Waals surface area contributed by atoms with E-state index in [-0.39, 0.29) is 17.2 Å². The summed E-state index contributed by atoms with van der Waals surface area (Å²) in [4.78, 5) is 0. The third-order valence-corrected chi connectivity index (χ3v) is 9.53. The Bertz CT molecular complexity index is 1210. The Hall–Kier alpha value is -3.36. The van der Waals surface area contributed by atoms with Gasteiger partial charge < -0.3 is 15.3 Å². The van der Waals surface area contributed by atoms with Crippen molar-refractivity contribution in [3.63, 3.8) is 0 Å². The molecule has 0 heterocycles. The first kappa shape index (κ1) is 35.7. The van der Waals surface area contributed by atoms with Crippen LogP contribution in [-0.2, 0) is 44.0 Å². The molecule has 3 aromatic carbocycles. The molecular weight excluding hydrogens is 584 g/mol. The van der Waals surface area contributed by atoms with Crippen molar-refractivity contribution in [2.45, 2.75) is 53.9 Å². The number of allylic oxidation sites excluding steroid dienone is 7. The van der Waals surface area contributed by atoms with Crippen LogP contribution in [0.15, 0.2) is 131 Å². The maximum atomic E-state index is 11.0. The average Bonchev–Trinajstić information content (AvgIpc) is 3.08. The molecule has 0 bridgehead atoms. The van der Waals surface area contributed by atoms with E-state index in [4.69, 9.17) is 0 Å². The summed E-state index contributed by atoms with van der Waals surface area (Å²) in [6, 6.07) is 21.0. The molecule has 4 heteroatoms. The Morgan fingerprint density at radius 1 is 0.585 bits per heavy atom. The molecule has 0 unspecified atom stereocenters. The molecule has 0 aliphatic heterocycles. The van der Waals surface area contributed by atoms with Crippen LogP contribution in [-0.4, -0.2) is 0 Å². The molecule has 1 aliphatic carbocycles. The van der Waals surface area contributed by atoms with E-state index in [1.807, 2.05) is 36.4 Å². The van der Waals surface area contributed by atoms with Gasteiger partial charge in [0.05, 0.1) is 0 Å². The van der Waals surface area contributed by atoms with Crippen LogP contribution in [0.1, 0.15) is 51.3 Å². The van der Waals surface area contributed by atoms with Gasteiger partial charge in [-0.15, -0.1) is 37.0 Å². The average molecular weight is 626 g/mol. The first-order valence-corrected chi connectivity index (χ1v) is 14.8. The Kier molecular flexibility index (Phi) is 15.8. The summed E-state index contributed by atoms with van der Waals surface area (Å²) < 4.78 is 1.62. The van der Waals surface area contributed by atoms with Crippen LogP contribution in [0.2, 0.25) is 0 Å². The summed E-state index contributed by atoms with van der Waals surface area (Å²) in [6.07, 6.45) is 7.20. The minimum absolute atomic E-state index is 0.0994. The SMILES string of the molecule is C=CCc1ccccc1[O-].C=CCc1ccccc1[O-].C=CCc1ccccc1[O-].CC1=C(C)C(C)(C)[C]([Zr+3])=C1C. The first-order chi connectivity index (χ1) is 19.4. The standard InChI is InChI=1S/C10H15.3C9H10O.Zr/c1-7-6-10(4,5)9(3)8(7)2;3*1-2-5-8-6-3-4-7-9(8)10;/h1-5H3;3*2-4,6-7,10H,1,5H2;/q;;;;+3/p-3. The van der Waals surface area contributed by atoms with E-state index in [0.717, 1.165) is 16.7 Å². The van der Waals surface area contributed by atoms with E-state index in [1.165, 1.54) is 11.1 Å². The van der Waals surface area contributed by atoms with Crippen LogP contribution in [0.3, 0.4) is 0 Å². The third-order valence-electron chi connectivity index (χ3n) is 7.07. The van der Waals surface area contributed by atoms with Gasteiger partial charge in [0.15, 0.2) is 0 Å². The second-order valence-corrected chi connectivity index (χ2v) is 11.4. The van der Waals surface area contributed by atoms with Gasteiger partial charge in [0.2, 0.25) is 0 Å². The Balaban J connectivity index is 0.000000274. The predicted molar refractivity (Wildman–Crippen MR) is 164 cm³/mol. The molecule has 0 N–H and O–H groups in total. The van der Waals surface area contributed by atoms with Gasteiger partial charge in [-0.1, -0.05) is 108 Å². The fourth-order valence-electron chi connectivity index (χ4n) is 4.08. The zero-order valence-corrected chi connectivity index (χ0v) is 27.6. The molecule has 41 heavy (non-hydrogen) atoms. The molecule has 0 amide bonds. The summed E-state index contributed by atoms with van der Waals surface area (Å²) in [5.41, 5.74) is 7.41. The van der Waals surface area contributed by atoms with Gasteiger partial charge in [0.1, 0.15) is 0 Å². The molecule has 0 aromatic heterocycles. The summed E-state index contributed by atoms with van der Waals surface area (Å²) in [6.45, 7) is 22.1. The fourth-order valence-corrected chi connectivity index (χ4v) is 5.00. The summed E-state index contributed by atoms with van der Waals surface area (Å²) in [5.74, 6) is 0.298.